The van der Waals surface area contributed by atoms with E-state index >= 15 is 4.57 Å². The Kier molecular flexibility index (Phi) is 8.03. The van der Waals surface area contributed by atoms with Crippen molar-refractivity contribution in [3.05, 3.63) is 132 Å². The SMILES string of the molecule is C[C@](Cc1ccccc1)([C@@H](O)[C@H](O)CCc1ccccc1)P(=O)(c1ccccc1)c1ccccc1. The average molecular weight is 485 g/mol. The maximum absolute atomic E-state index is 15.4. The van der Waals surface area contributed by atoms with Crippen LogP contribution in [0.15, 0.2) is 121 Å². The highest BCUT2D eigenvalue weighted by atomic mass is 31.2. The lowest BCUT2D eigenvalue weighted by Crippen LogP contribution is -2.52. The number of benzene rings is 4. The van der Waals surface area contributed by atoms with Crippen LogP contribution in [0.2, 0.25) is 0 Å². The lowest BCUT2D eigenvalue weighted by molar-refractivity contribution is -0.00785. The minimum absolute atomic E-state index is 0.360. The van der Waals surface area contributed by atoms with Crippen molar-refractivity contribution in [3.8, 4) is 0 Å². The first-order valence-electron chi connectivity index (χ1n) is 12.1. The van der Waals surface area contributed by atoms with Crippen LogP contribution in [0.25, 0.3) is 0 Å². The molecule has 0 saturated carbocycles. The van der Waals surface area contributed by atoms with Crippen LogP contribution < -0.4 is 10.6 Å². The van der Waals surface area contributed by atoms with Gasteiger partial charge in [0.2, 0.25) is 0 Å². The van der Waals surface area contributed by atoms with Crippen LogP contribution in [0.3, 0.4) is 0 Å². The molecule has 0 radical (unpaired) electrons. The largest absolute Gasteiger partial charge is 0.390 e. The van der Waals surface area contributed by atoms with Gasteiger partial charge in [0.05, 0.1) is 17.4 Å². The summed E-state index contributed by atoms with van der Waals surface area (Å²) in [6.07, 6.45) is -0.888. The van der Waals surface area contributed by atoms with Crippen molar-refractivity contribution >= 4 is 17.8 Å². The smallest absolute Gasteiger partial charge is 0.151 e. The van der Waals surface area contributed by atoms with Gasteiger partial charge in [0, 0.05) is 10.6 Å². The molecule has 0 heterocycles. The van der Waals surface area contributed by atoms with Crippen LogP contribution >= 0.6 is 7.14 Å². The van der Waals surface area contributed by atoms with Gasteiger partial charge in [-0.3, -0.25) is 0 Å². The highest BCUT2D eigenvalue weighted by Gasteiger charge is 2.53. The molecular formula is C31H33O3P. The van der Waals surface area contributed by atoms with Crippen LogP contribution in [-0.2, 0) is 17.4 Å². The third-order valence-corrected chi connectivity index (χ3v) is 10.8. The second kappa shape index (κ2) is 11.2. The van der Waals surface area contributed by atoms with Gasteiger partial charge in [-0.15, -0.1) is 0 Å². The quantitative estimate of drug-likeness (QED) is 0.298. The fourth-order valence-corrected chi connectivity index (χ4v) is 8.57. The summed E-state index contributed by atoms with van der Waals surface area (Å²) < 4.78 is 15.4. The maximum atomic E-state index is 15.4. The third kappa shape index (κ3) is 5.33. The molecular weight excluding hydrogens is 451 g/mol. The zero-order chi connectivity index (χ0) is 24.7. The first-order chi connectivity index (χ1) is 16.9. The normalized spacial score (nSPS) is 15.2. The zero-order valence-electron chi connectivity index (χ0n) is 20.1. The lowest BCUT2D eigenvalue weighted by Gasteiger charge is -2.44. The van der Waals surface area contributed by atoms with E-state index in [-0.39, 0.29) is 0 Å². The van der Waals surface area contributed by atoms with Crippen molar-refractivity contribution < 1.29 is 14.8 Å². The van der Waals surface area contributed by atoms with Crippen molar-refractivity contribution in [3.63, 3.8) is 0 Å². The molecule has 0 aromatic heterocycles. The van der Waals surface area contributed by atoms with Crippen molar-refractivity contribution in [2.45, 2.75) is 43.6 Å². The molecule has 0 aliphatic rings. The molecule has 4 heteroatoms. The number of rotatable bonds is 10. The Hall–Kier alpha value is -2.97. The van der Waals surface area contributed by atoms with Gasteiger partial charge in [0.25, 0.3) is 0 Å². The molecule has 4 aromatic rings. The average Bonchev–Trinajstić information content (AvgIpc) is 2.92. The molecule has 0 bridgehead atoms. The van der Waals surface area contributed by atoms with Gasteiger partial charge >= 0.3 is 0 Å². The molecule has 4 rings (SSSR count). The van der Waals surface area contributed by atoms with Crippen LogP contribution in [-0.4, -0.2) is 27.6 Å². The van der Waals surface area contributed by atoms with E-state index in [4.69, 9.17) is 0 Å². The fourth-order valence-electron chi connectivity index (χ4n) is 4.96. The number of aliphatic hydroxyl groups is 2. The van der Waals surface area contributed by atoms with Gasteiger partial charge in [-0.1, -0.05) is 121 Å². The predicted molar refractivity (Wildman–Crippen MR) is 145 cm³/mol. The number of aliphatic hydroxyl groups excluding tert-OH is 2. The molecule has 2 N–H and O–H groups in total. The standard InChI is InChI=1S/C31H33O3P/c1-31(24-26-16-8-3-9-17-26,30(33)29(32)23-22-25-14-6-2-7-15-25)35(34,27-18-10-4-11-19-27)28-20-12-5-13-21-28/h2-21,29-30,32-33H,22-24H2,1H3/t29-,30+,31+/m1/s1. The Labute approximate surface area is 208 Å². The summed E-state index contributed by atoms with van der Waals surface area (Å²) in [6.45, 7) is 1.87. The Bertz CT molecular complexity index is 1190. The molecule has 4 aromatic carbocycles. The van der Waals surface area contributed by atoms with E-state index in [1.807, 2.05) is 128 Å². The maximum Gasteiger partial charge on any atom is 0.151 e. The molecule has 180 valence electrons. The van der Waals surface area contributed by atoms with E-state index in [0.717, 1.165) is 11.1 Å². The van der Waals surface area contributed by atoms with Crippen LogP contribution in [0.1, 0.15) is 24.5 Å². The van der Waals surface area contributed by atoms with E-state index in [1.54, 1.807) is 0 Å². The molecule has 35 heavy (non-hydrogen) atoms. The van der Waals surface area contributed by atoms with Crippen molar-refractivity contribution in [2.75, 3.05) is 0 Å². The highest BCUT2D eigenvalue weighted by Crippen LogP contribution is 2.59. The second-order valence-electron chi connectivity index (χ2n) is 9.34. The molecule has 3 nitrogen and oxygen atoms in total. The topological polar surface area (TPSA) is 57.5 Å². The molecule has 0 unspecified atom stereocenters. The number of aryl methyl sites for hydroxylation is 1. The van der Waals surface area contributed by atoms with Crippen molar-refractivity contribution in [1.29, 1.82) is 0 Å². The van der Waals surface area contributed by atoms with E-state index in [2.05, 4.69) is 0 Å². The van der Waals surface area contributed by atoms with Crippen LogP contribution in [0, 0.1) is 0 Å². The van der Waals surface area contributed by atoms with E-state index in [0.29, 0.717) is 29.9 Å². The highest BCUT2D eigenvalue weighted by molar-refractivity contribution is 7.80. The van der Waals surface area contributed by atoms with E-state index in [9.17, 15) is 10.2 Å². The van der Waals surface area contributed by atoms with Crippen LogP contribution in [0.5, 0.6) is 0 Å². The molecule has 0 saturated heterocycles. The predicted octanol–water partition coefficient (Wildman–Crippen LogP) is 5.36. The molecule has 0 spiro atoms. The molecule has 0 fully saturated rings. The summed E-state index contributed by atoms with van der Waals surface area (Å²) in [6, 6.07) is 38.6. The molecule has 0 aliphatic carbocycles. The molecule has 0 aliphatic heterocycles. The Morgan fingerprint density at radius 1 is 0.657 bits per heavy atom. The first kappa shape index (κ1) is 25.1. The molecule has 3 atom stereocenters. The van der Waals surface area contributed by atoms with Crippen molar-refractivity contribution in [2.24, 2.45) is 0 Å². The van der Waals surface area contributed by atoms with E-state index < -0.39 is 24.5 Å². The Morgan fingerprint density at radius 2 is 1.06 bits per heavy atom. The summed E-state index contributed by atoms with van der Waals surface area (Å²) in [4.78, 5) is 0. The summed E-state index contributed by atoms with van der Waals surface area (Å²) in [5.74, 6) is 0. The van der Waals surface area contributed by atoms with Crippen molar-refractivity contribution in [1.82, 2.24) is 0 Å². The minimum atomic E-state index is -3.43. The van der Waals surface area contributed by atoms with Gasteiger partial charge in [0.15, 0.2) is 7.14 Å². The Morgan fingerprint density at radius 3 is 1.51 bits per heavy atom. The number of hydrogen-bond donors (Lipinski definition) is 2. The first-order valence-corrected chi connectivity index (χ1v) is 13.8. The molecule has 0 amide bonds. The summed E-state index contributed by atoms with van der Waals surface area (Å²) in [7, 11) is -3.43. The zero-order valence-corrected chi connectivity index (χ0v) is 21.0. The monoisotopic (exact) mass is 484 g/mol. The number of hydrogen-bond acceptors (Lipinski definition) is 3. The van der Waals surface area contributed by atoms with Crippen LogP contribution in [0.4, 0.5) is 0 Å². The van der Waals surface area contributed by atoms with Gasteiger partial charge in [-0.25, -0.2) is 0 Å². The fraction of sp³-hybridized carbons (Fsp3) is 0.226. The summed E-state index contributed by atoms with van der Waals surface area (Å²) >= 11 is 0. The minimum Gasteiger partial charge on any atom is -0.390 e. The van der Waals surface area contributed by atoms with Gasteiger partial charge in [-0.2, -0.15) is 0 Å². The van der Waals surface area contributed by atoms with E-state index in [1.165, 1.54) is 0 Å². The second-order valence-corrected chi connectivity index (χ2v) is 12.6. The van der Waals surface area contributed by atoms with Gasteiger partial charge in [0.1, 0.15) is 0 Å². The van der Waals surface area contributed by atoms with Gasteiger partial charge < -0.3 is 14.8 Å². The lowest BCUT2D eigenvalue weighted by atomic mass is 9.89. The third-order valence-electron chi connectivity index (χ3n) is 6.94. The summed E-state index contributed by atoms with van der Waals surface area (Å²) in [5, 5.41) is 23.3. The van der Waals surface area contributed by atoms with Gasteiger partial charge in [-0.05, 0) is 37.3 Å². The summed E-state index contributed by atoms with van der Waals surface area (Å²) in [5.41, 5.74) is 2.06. The Balaban J connectivity index is 1.80.